The predicted octanol–water partition coefficient (Wildman–Crippen LogP) is 4.27. The molecule has 1 amide bonds. The fraction of sp³-hybridized carbons (Fsp3) is 0.316. The van der Waals surface area contributed by atoms with E-state index < -0.39 is 6.10 Å². The Morgan fingerprint density at radius 2 is 1.70 bits per heavy atom. The number of hydrogen-bond acceptors (Lipinski definition) is 3. The maximum atomic E-state index is 12.3. The maximum absolute atomic E-state index is 12.3. The fourth-order valence-corrected chi connectivity index (χ4v) is 2.06. The standard InChI is InChI=1S/C19H23NO3/c1-3-14-22-16-12-10-15(11-13-16)20-19(21)18(4-2)23-17-8-6-5-7-9-17/h5-13,18H,3-4,14H2,1-2H3,(H,20,21)/t18-/m0/s1. The first kappa shape index (κ1) is 16.9. The molecule has 2 aromatic carbocycles. The van der Waals surface area contributed by atoms with Gasteiger partial charge < -0.3 is 14.8 Å². The monoisotopic (exact) mass is 313 g/mol. The molecule has 122 valence electrons. The van der Waals surface area contributed by atoms with Gasteiger partial charge in [0, 0.05) is 5.69 Å². The van der Waals surface area contributed by atoms with E-state index in [0.717, 1.165) is 17.9 Å². The highest BCUT2D eigenvalue weighted by atomic mass is 16.5. The van der Waals surface area contributed by atoms with Crippen LogP contribution in [0.1, 0.15) is 26.7 Å². The van der Waals surface area contributed by atoms with E-state index >= 15 is 0 Å². The predicted molar refractivity (Wildman–Crippen MR) is 92.0 cm³/mol. The summed E-state index contributed by atoms with van der Waals surface area (Å²) in [5.74, 6) is 1.34. The molecular formula is C19H23NO3. The quantitative estimate of drug-likeness (QED) is 0.791. The van der Waals surface area contributed by atoms with E-state index in [-0.39, 0.29) is 5.91 Å². The summed E-state index contributed by atoms with van der Waals surface area (Å²) in [5, 5.41) is 2.88. The number of carbonyl (C=O) groups is 1. The highest BCUT2D eigenvalue weighted by Crippen LogP contribution is 2.18. The number of ether oxygens (including phenoxy) is 2. The van der Waals surface area contributed by atoms with Crippen LogP contribution in [-0.2, 0) is 4.79 Å². The van der Waals surface area contributed by atoms with E-state index in [1.165, 1.54) is 0 Å². The van der Waals surface area contributed by atoms with E-state index in [0.29, 0.717) is 18.8 Å². The summed E-state index contributed by atoms with van der Waals surface area (Å²) < 4.78 is 11.3. The highest BCUT2D eigenvalue weighted by Gasteiger charge is 2.18. The van der Waals surface area contributed by atoms with Gasteiger partial charge in [0.15, 0.2) is 6.10 Å². The van der Waals surface area contributed by atoms with E-state index in [9.17, 15) is 4.79 Å². The van der Waals surface area contributed by atoms with Crippen LogP contribution in [0.5, 0.6) is 11.5 Å². The molecule has 1 N–H and O–H groups in total. The van der Waals surface area contributed by atoms with Crippen LogP contribution >= 0.6 is 0 Å². The van der Waals surface area contributed by atoms with Gasteiger partial charge in [0.05, 0.1) is 6.61 Å². The van der Waals surface area contributed by atoms with Gasteiger partial charge >= 0.3 is 0 Å². The smallest absolute Gasteiger partial charge is 0.265 e. The highest BCUT2D eigenvalue weighted by molar-refractivity contribution is 5.94. The SMILES string of the molecule is CCCOc1ccc(NC(=O)[C@H](CC)Oc2ccccc2)cc1. The van der Waals surface area contributed by atoms with Crippen LogP contribution in [0.2, 0.25) is 0 Å². The Labute approximate surface area is 137 Å². The molecule has 0 fully saturated rings. The molecule has 0 saturated carbocycles. The lowest BCUT2D eigenvalue weighted by Gasteiger charge is -2.17. The van der Waals surface area contributed by atoms with Crippen molar-refractivity contribution >= 4 is 11.6 Å². The summed E-state index contributed by atoms with van der Waals surface area (Å²) in [6.45, 7) is 4.68. The van der Waals surface area contributed by atoms with Crippen LogP contribution < -0.4 is 14.8 Å². The van der Waals surface area contributed by atoms with Crippen molar-refractivity contribution in [2.24, 2.45) is 0 Å². The Morgan fingerprint density at radius 3 is 2.30 bits per heavy atom. The lowest BCUT2D eigenvalue weighted by atomic mass is 10.2. The van der Waals surface area contributed by atoms with Gasteiger partial charge in [0.2, 0.25) is 0 Å². The van der Waals surface area contributed by atoms with Gasteiger partial charge in [-0.3, -0.25) is 4.79 Å². The summed E-state index contributed by atoms with van der Waals surface area (Å²) in [7, 11) is 0. The van der Waals surface area contributed by atoms with Gasteiger partial charge in [-0.1, -0.05) is 32.0 Å². The molecule has 0 aliphatic carbocycles. The average molecular weight is 313 g/mol. The van der Waals surface area contributed by atoms with Crippen LogP contribution in [0.25, 0.3) is 0 Å². The number of para-hydroxylation sites is 1. The van der Waals surface area contributed by atoms with Crippen molar-refractivity contribution in [1.82, 2.24) is 0 Å². The van der Waals surface area contributed by atoms with Gasteiger partial charge in [-0.2, -0.15) is 0 Å². The third-order valence-corrected chi connectivity index (χ3v) is 3.28. The molecule has 23 heavy (non-hydrogen) atoms. The first-order valence-electron chi connectivity index (χ1n) is 7.98. The molecule has 2 rings (SSSR count). The first-order valence-corrected chi connectivity index (χ1v) is 7.98. The molecule has 4 nitrogen and oxygen atoms in total. The third-order valence-electron chi connectivity index (χ3n) is 3.28. The molecule has 0 aliphatic rings. The minimum atomic E-state index is -0.520. The van der Waals surface area contributed by atoms with Gasteiger partial charge in [-0.05, 0) is 49.2 Å². The second-order valence-corrected chi connectivity index (χ2v) is 5.19. The van der Waals surface area contributed by atoms with E-state index in [1.54, 1.807) is 0 Å². The molecule has 0 bridgehead atoms. The number of amides is 1. The average Bonchev–Trinajstić information content (AvgIpc) is 2.60. The van der Waals surface area contributed by atoms with Crippen molar-refractivity contribution in [3.63, 3.8) is 0 Å². The van der Waals surface area contributed by atoms with Crippen LogP contribution in [0.15, 0.2) is 54.6 Å². The molecule has 2 aromatic rings. The van der Waals surface area contributed by atoms with Crippen molar-refractivity contribution < 1.29 is 14.3 Å². The molecular weight excluding hydrogens is 290 g/mol. The largest absolute Gasteiger partial charge is 0.494 e. The van der Waals surface area contributed by atoms with Gasteiger partial charge in [0.25, 0.3) is 5.91 Å². The Hall–Kier alpha value is -2.49. The van der Waals surface area contributed by atoms with Gasteiger partial charge in [-0.25, -0.2) is 0 Å². The van der Waals surface area contributed by atoms with Crippen LogP contribution in [0.3, 0.4) is 0 Å². The minimum Gasteiger partial charge on any atom is -0.494 e. The van der Waals surface area contributed by atoms with Crippen LogP contribution in [0.4, 0.5) is 5.69 Å². The Morgan fingerprint density at radius 1 is 1.00 bits per heavy atom. The summed E-state index contributed by atoms with van der Waals surface area (Å²) in [6.07, 6.45) is 1.04. The number of nitrogens with one attached hydrogen (secondary N) is 1. The van der Waals surface area contributed by atoms with E-state index in [1.807, 2.05) is 61.5 Å². The zero-order chi connectivity index (χ0) is 16.5. The van der Waals surface area contributed by atoms with Gasteiger partial charge in [-0.15, -0.1) is 0 Å². The lowest BCUT2D eigenvalue weighted by Crippen LogP contribution is -2.32. The maximum Gasteiger partial charge on any atom is 0.265 e. The van der Waals surface area contributed by atoms with Gasteiger partial charge in [0.1, 0.15) is 11.5 Å². The summed E-state index contributed by atoms with van der Waals surface area (Å²) >= 11 is 0. The van der Waals surface area contributed by atoms with Crippen LogP contribution in [0, 0.1) is 0 Å². The molecule has 1 atom stereocenters. The number of anilines is 1. The topological polar surface area (TPSA) is 47.6 Å². The fourth-order valence-electron chi connectivity index (χ4n) is 2.06. The number of rotatable bonds is 8. The van der Waals surface area contributed by atoms with E-state index in [4.69, 9.17) is 9.47 Å². The Kier molecular flexibility index (Phi) is 6.48. The van der Waals surface area contributed by atoms with E-state index in [2.05, 4.69) is 12.2 Å². The molecule has 0 spiro atoms. The van der Waals surface area contributed by atoms with Crippen molar-refractivity contribution in [2.45, 2.75) is 32.8 Å². The molecule has 0 radical (unpaired) electrons. The minimum absolute atomic E-state index is 0.154. The molecule has 0 aliphatic heterocycles. The number of hydrogen-bond donors (Lipinski definition) is 1. The third kappa shape index (κ3) is 5.33. The Balaban J connectivity index is 1.93. The first-order chi connectivity index (χ1) is 11.2. The second kappa shape index (κ2) is 8.83. The van der Waals surface area contributed by atoms with Crippen LogP contribution in [-0.4, -0.2) is 18.6 Å². The molecule has 4 heteroatoms. The van der Waals surface area contributed by atoms with Crippen molar-refractivity contribution in [2.75, 3.05) is 11.9 Å². The number of benzene rings is 2. The van der Waals surface area contributed by atoms with Crippen molar-refractivity contribution in [1.29, 1.82) is 0 Å². The molecule has 0 aromatic heterocycles. The second-order valence-electron chi connectivity index (χ2n) is 5.19. The summed E-state index contributed by atoms with van der Waals surface area (Å²) in [4.78, 5) is 12.3. The molecule has 0 unspecified atom stereocenters. The van der Waals surface area contributed by atoms with Crippen molar-refractivity contribution in [3.05, 3.63) is 54.6 Å². The lowest BCUT2D eigenvalue weighted by molar-refractivity contribution is -0.122. The number of carbonyl (C=O) groups excluding carboxylic acids is 1. The molecule has 0 saturated heterocycles. The zero-order valence-electron chi connectivity index (χ0n) is 13.6. The summed E-state index contributed by atoms with van der Waals surface area (Å²) in [5.41, 5.74) is 0.731. The zero-order valence-corrected chi connectivity index (χ0v) is 13.6. The molecule has 0 heterocycles. The summed E-state index contributed by atoms with van der Waals surface area (Å²) in [6, 6.07) is 16.7. The van der Waals surface area contributed by atoms with Crippen molar-refractivity contribution in [3.8, 4) is 11.5 Å². The normalized spacial score (nSPS) is 11.6. The Bertz CT molecular complexity index is 596.